The molecule has 1 atom stereocenters. The average molecular weight is 625 g/mol. The van der Waals surface area contributed by atoms with Crippen molar-refractivity contribution in [3.63, 3.8) is 0 Å². The van der Waals surface area contributed by atoms with Crippen LogP contribution in [0.3, 0.4) is 0 Å². The number of hydrogen-bond acceptors (Lipinski definition) is 4. The summed E-state index contributed by atoms with van der Waals surface area (Å²) in [6.45, 7) is 6.84. The van der Waals surface area contributed by atoms with E-state index in [0.717, 1.165) is 9.87 Å². The van der Waals surface area contributed by atoms with Crippen LogP contribution in [0.25, 0.3) is 0 Å². The highest BCUT2D eigenvalue weighted by Gasteiger charge is 2.34. The summed E-state index contributed by atoms with van der Waals surface area (Å²) in [4.78, 5) is 28.7. The van der Waals surface area contributed by atoms with Gasteiger partial charge in [-0.15, -0.1) is 0 Å². The minimum atomic E-state index is -4.23. The van der Waals surface area contributed by atoms with Crippen molar-refractivity contribution in [2.24, 2.45) is 0 Å². The highest BCUT2D eigenvalue weighted by molar-refractivity contribution is 7.92. The molecule has 3 rings (SSSR count). The van der Waals surface area contributed by atoms with Crippen LogP contribution in [0.2, 0.25) is 15.1 Å². The summed E-state index contributed by atoms with van der Waals surface area (Å²) >= 11 is 18.2. The number of nitrogens with one attached hydrogen (secondary N) is 1. The molecular weight excluding hydrogens is 593 g/mol. The van der Waals surface area contributed by atoms with Crippen LogP contribution < -0.4 is 9.62 Å². The lowest BCUT2D eigenvalue weighted by atomic mass is 10.1. The topological polar surface area (TPSA) is 86.8 Å². The molecule has 0 fully saturated rings. The van der Waals surface area contributed by atoms with Crippen LogP contribution in [0.1, 0.15) is 39.7 Å². The molecule has 0 bridgehead atoms. The molecule has 0 aliphatic rings. The van der Waals surface area contributed by atoms with Crippen molar-refractivity contribution in [3.05, 3.63) is 93.4 Å². The molecule has 0 aliphatic heterocycles. The maximum absolute atomic E-state index is 14.0. The van der Waals surface area contributed by atoms with Gasteiger partial charge in [-0.1, -0.05) is 59.9 Å². The summed E-state index contributed by atoms with van der Waals surface area (Å²) in [5.74, 6) is -0.907. The fraction of sp³-hybridized carbons (Fsp3) is 0.310. The lowest BCUT2D eigenvalue weighted by Crippen LogP contribution is -2.55. The number of anilines is 1. The van der Waals surface area contributed by atoms with Crippen molar-refractivity contribution in [3.8, 4) is 0 Å². The molecule has 40 heavy (non-hydrogen) atoms. The van der Waals surface area contributed by atoms with Gasteiger partial charge in [0.1, 0.15) is 12.6 Å². The number of benzene rings is 3. The normalized spacial score (nSPS) is 12.5. The summed E-state index contributed by atoms with van der Waals surface area (Å²) in [5.41, 5.74) is 0.397. The second-order valence-corrected chi connectivity index (χ2v) is 13.4. The minimum Gasteiger partial charge on any atom is -0.350 e. The second-order valence-electron chi connectivity index (χ2n) is 10.3. The van der Waals surface area contributed by atoms with E-state index in [1.165, 1.54) is 35.2 Å². The summed E-state index contributed by atoms with van der Waals surface area (Å²) in [7, 11) is -4.23. The van der Waals surface area contributed by atoms with Gasteiger partial charge in [0.2, 0.25) is 11.8 Å². The van der Waals surface area contributed by atoms with Crippen LogP contribution in [0.4, 0.5) is 5.69 Å². The van der Waals surface area contributed by atoms with Crippen LogP contribution in [-0.2, 0) is 26.2 Å². The lowest BCUT2D eigenvalue weighted by Gasteiger charge is -2.34. The second kappa shape index (κ2) is 13.3. The third-order valence-corrected chi connectivity index (χ3v) is 8.45. The molecule has 0 radical (unpaired) electrons. The van der Waals surface area contributed by atoms with Crippen LogP contribution >= 0.6 is 34.8 Å². The van der Waals surface area contributed by atoms with Crippen molar-refractivity contribution >= 4 is 62.3 Å². The van der Waals surface area contributed by atoms with Crippen LogP contribution in [-0.4, -0.2) is 43.3 Å². The van der Waals surface area contributed by atoms with Crippen molar-refractivity contribution < 1.29 is 18.0 Å². The Morgan fingerprint density at radius 2 is 1.45 bits per heavy atom. The number of rotatable bonds is 10. The molecule has 214 valence electrons. The first kappa shape index (κ1) is 31.7. The molecule has 3 aromatic carbocycles. The van der Waals surface area contributed by atoms with Gasteiger partial charge in [-0.2, -0.15) is 0 Å². The predicted molar refractivity (Wildman–Crippen MR) is 161 cm³/mol. The van der Waals surface area contributed by atoms with Crippen LogP contribution in [0.5, 0.6) is 0 Å². The van der Waals surface area contributed by atoms with Gasteiger partial charge in [0.25, 0.3) is 10.0 Å². The first-order valence-electron chi connectivity index (χ1n) is 12.6. The van der Waals surface area contributed by atoms with E-state index in [0.29, 0.717) is 21.5 Å². The summed E-state index contributed by atoms with van der Waals surface area (Å²) in [6, 6.07) is 17.9. The number of halogens is 3. The minimum absolute atomic E-state index is 0.0496. The van der Waals surface area contributed by atoms with Crippen molar-refractivity contribution in [2.75, 3.05) is 10.8 Å². The fourth-order valence-corrected chi connectivity index (χ4v) is 5.90. The van der Waals surface area contributed by atoms with Gasteiger partial charge in [-0.3, -0.25) is 13.9 Å². The Morgan fingerprint density at radius 3 is 1.98 bits per heavy atom. The van der Waals surface area contributed by atoms with Crippen molar-refractivity contribution in [2.45, 2.75) is 57.1 Å². The Labute approximate surface area is 251 Å². The Morgan fingerprint density at radius 1 is 0.875 bits per heavy atom. The number of nitrogens with zero attached hydrogens (tertiary/aromatic N) is 2. The van der Waals surface area contributed by atoms with Gasteiger partial charge < -0.3 is 10.2 Å². The molecule has 0 saturated carbocycles. The molecular formula is C29H32Cl3N3O4S. The Balaban J connectivity index is 2.07. The molecule has 11 heteroatoms. The van der Waals surface area contributed by atoms with E-state index >= 15 is 0 Å². The number of carbonyl (C=O) groups excluding carboxylic acids is 2. The van der Waals surface area contributed by atoms with Gasteiger partial charge >= 0.3 is 0 Å². The monoisotopic (exact) mass is 623 g/mol. The molecule has 0 heterocycles. The maximum atomic E-state index is 14.0. The smallest absolute Gasteiger partial charge is 0.264 e. The van der Waals surface area contributed by atoms with E-state index < -0.39 is 34.1 Å². The van der Waals surface area contributed by atoms with E-state index in [1.54, 1.807) is 49.4 Å². The predicted octanol–water partition coefficient (Wildman–Crippen LogP) is 6.56. The number of amides is 2. The van der Waals surface area contributed by atoms with Crippen molar-refractivity contribution in [1.82, 2.24) is 10.2 Å². The van der Waals surface area contributed by atoms with Gasteiger partial charge in [-0.25, -0.2) is 8.42 Å². The molecule has 2 amide bonds. The first-order valence-corrected chi connectivity index (χ1v) is 15.2. The van der Waals surface area contributed by atoms with Crippen LogP contribution in [0.15, 0.2) is 77.7 Å². The molecule has 3 aromatic rings. The third kappa shape index (κ3) is 8.36. The first-order chi connectivity index (χ1) is 18.7. The molecule has 1 N–H and O–H groups in total. The highest BCUT2D eigenvalue weighted by atomic mass is 35.5. The zero-order valence-corrected chi connectivity index (χ0v) is 25.8. The van der Waals surface area contributed by atoms with Gasteiger partial charge in [0, 0.05) is 27.2 Å². The zero-order chi connectivity index (χ0) is 29.7. The van der Waals surface area contributed by atoms with E-state index in [4.69, 9.17) is 34.8 Å². The molecule has 1 unspecified atom stereocenters. The molecule has 0 saturated heterocycles. The van der Waals surface area contributed by atoms with Gasteiger partial charge in [-0.05, 0) is 87.4 Å². The largest absolute Gasteiger partial charge is 0.350 e. The quantitative estimate of drug-likeness (QED) is 0.277. The molecule has 0 aromatic heterocycles. The Hall–Kier alpha value is -2.78. The average Bonchev–Trinajstić information content (AvgIpc) is 2.87. The summed E-state index contributed by atoms with van der Waals surface area (Å²) in [6.07, 6.45) is 0.308. The maximum Gasteiger partial charge on any atom is 0.264 e. The Bertz CT molecular complexity index is 1440. The Kier molecular flexibility index (Phi) is 10.5. The summed E-state index contributed by atoms with van der Waals surface area (Å²) in [5, 5.41) is 4.14. The molecule has 7 nitrogen and oxygen atoms in total. The summed E-state index contributed by atoms with van der Waals surface area (Å²) < 4.78 is 28.7. The zero-order valence-electron chi connectivity index (χ0n) is 22.7. The molecule has 0 spiro atoms. The van der Waals surface area contributed by atoms with Gasteiger partial charge in [0.15, 0.2) is 0 Å². The third-order valence-electron chi connectivity index (χ3n) is 5.93. The van der Waals surface area contributed by atoms with Gasteiger partial charge in [0.05, 0.1) is 10.6 Å². The van der Waals surface area contributed by atoms with E-state index in [-0.39, 0.29) is 23.0 Å². The highest BCUT2D eigenvalue weighted by Crippen LogP contribution is 2.28. The standard InChI is InChI=1S/C29H32Cl3N3O4S/c1-5-26(28(37)33-29(2,3)4)34(18-20-9-11-21(30)12-10-20)27(36)19-35(24-8-6-7-23(32)17-24)40(38,39)25-15-13-22(31)14-16-25/h6-17,26H,5,18-19H2,1-4H3,(H,33,37). The van der Waals surface area contributed by atoms with E-state index in [9.17, 15) is 18.0 Å². The number of sulfonamides is 1. The SMILES string of the molecule is CCC(C(=O)NC(C)(C)C)N(Cc1ccc(Cl)cc1)C(=O)CN(c1cccc(Cl)c1)S(=O)(=O)c1ccc(Cl)cc1. The lowest BCUT2D eigenvalue weighted by molar-refractivity contribution is -0.141. The number of carbonyl (C=O) groups is 2. The van der Waals surface area contributed by atoms with Crippen molar-refractivity contribution in [1.29, 1.82) is 0 Å². The van der Waals surface area contributed by atoms with E-state index in [1.807, 2.05) is 20.8 Å². The molecule has 0 aliphatic carbocycles. The van der Waals surface area contributed by atoms with Crippen LogP contribution in [0, 0.1) is 0 Å². The fourth-order valence-electron chi connectivity index (χ4n) is 4.05. The number of hydrogen-bond donors (Lipinski definition) is 1. The van der Waals surface area contributed by atoms with E-state index in [2.05, 4.69) is 5.32 Å².